The molecular weight excluding hydrogens is 228 g/mol. The van der Waals surface area contributed by atoms with E-state index in [9.17, 15) is 9.59 Å². The molecule has 2 amide bonds. The molecule has 0 radical (unpaired) electrons. The topological polar surface area (TPSA) is 49.4 Å². The van der Waals surface area contributed by atoms with Crippen molar-refractivity contribution in [2.24, 2.45) is 5.92 Å². The fourth-order valence-corrected chi connectivity index (χ4v) is 2.24. The average Bonchev–Trinajstić information content (AvgIpc) is 2.59. The number of rotatable bonds is 7. The second-order valence-electron chi connectivity index (χ2n) is 5.61. The van der Waals surface area contributed by atoms with Crippen molar-refractivity contribution in [3.05, 3.63) is 0 Å². The van der Waals surface area contributed by atoms with E-state index in [4.69, 9.17) is 0 Å². The lowest BCUT2D eigenvalue weighted by molar-refractivity contribution is -0.141. The Bertz CT molecular complexity index is 302. The highest BCUT2D eigenvalue weighted by molar-refractivity contribution is 6.05. The zero-order valence-corrected chi connectivity index (χ0v) is 12.0. The van der Waals surface area contributed by atoms with E-state index in [1.807, 2.05) is 13.8 Å². The molecule has 0 aromatic heterocycles. The van der Waals surface area contributed by atoms with Crippen molar-refractivity contribution in [1.29, 1.82) is 0 Å². The SMILES string of the molecule is CCC(C)N1C(=O)CC(NCCCC(C)C)C1=O. The van der Waals surface area contributed by atoms with Crippen molar-refractivity contribution in [3.8, 4) is 0 Å². The molecule has 1 rings (SSSR count). The highest BCUT2D eigenvalue weighted by Crippen LogP contribution is 2.18. The number of nitrogens with zero attached hydrogens (tertiary/aromatic N) is 1. The van der Waals surface area contributed by atoms with Gasteiger partial charge in [0.1, 0.15) is 0 Å². The highest BCUT2D eigenvalue weighted by Gasteiger charge is 2.39. The number of nitrogens with one attached hydrogen (secondary N) is 1. The van der Waals surface area contributed by atoms with Crippen LogP contribution >= 0.6 is 0 Å². The van der Waals surface area contributed by atoms with Crippen molar-refractivity contribution in [1.82, 2.24) is 10.2 Å². The quantitative estimate of drug-likeness (QED) is 0.558. The van der Waals surface area contributed by atoms with Gasteiger partial charge < -0.3 is 5.32 Å². The van der Waals surface area contributed by atoms with Crippen LogP contribution in [0.1, 0.15) is 53.4 Å². The Balaban J connectivity index is 2.41. The minimum atomic E-state index is -0.293. The van der Waals surface area contributed by atoms with Crippen LogP contribution in [0.3, 0.4) is 0 Å². The maximum atomic E-state index is 12.1. The molecule has 4 nitrogen and oxygen atoms in total. The number of amides is 2. The summed E-state index contributed by atoms with van der Waals surface area (Å²) in [6.07, 6.45) is 3.35. The number of hydrogen-bond donors (Lipinski definition) is 1. The van der Waals surface area contributed by atoms with E-state index in [1.54, 1.807) is 0 Å². The van der Waals surface area contributed by atoms with E-state index in [1.165, 1.54) is 4.90 Å². The van der Waals surface area contributed by atoms with E-state index in [-0.39, 0.29) is 23.9 Å². The molecular formula is C14H26N2O2. The van der Waals surface area contributed by atoms with Crippen LogP contribution in [0.15, 0.2) is 0 Å². The largest absolute Gasteiger partial charge is 0.305 e. The van der Waals surface area contributed by atoms with Crippen molar-refractivity contribution < 1.29 is 9.59 Å². The molecule has 2 atom stereocenters. The lowest BCUT2D eigenvalue weighted by Crippen LogP contribution is -2.42. The van der Waals surface area contributed by atoms with Crippen LogP contribution in [0.4, 0.5) is 0 Å². The number of carbonyl (C=O) groups is 2. The van der Waals surface area contributed by atoms with Gasteiger partial charge >= 0.3 is 0 Å². The van der Waals surface area contributed by atoms with Gasteiger partial charge in [-0.15, -0.1) is 0 Å². The van der Waals surface area contributed by atoms with Crippen molar-refractivity contribution in [2.75, 3.05) is 6.54 Å². The molecule has 1 aliphatic heterocycles. The predicted molar refractivity (Wildman–Crippen MR) is 72.1 cm³/mol. The molecule has 1 N–H and O–H groups in total. The zero-order valence-electron chi connectivity index (χ0n) is 12.0. The Morgan fingerprint density at radius 3 is 2.56 bits per heavy atom. The molecule has 4 heteroatoms. The molecule has 0 saturated carbocycles. The molecule has 0 aliphatic carbocycles. The monoisotopic (exact) mass is 254 g/mol. The summed E-state index contributed by atoms with van der Waals surface area (Å²) in [4.78, 5) is 25.3. The van der Waals surface area contributed by atoms with Crippen LogP contribution in [0, 0.1) is 5.92 Å². The molecule has 18 heavy (non-hydrogen) atoms. The Labute approximate surface area is 110 Å². The Hall–Kier alpha value is -0.900. The number of hydrogen-bond acceptors (Lipinski definition) is 3. The standard InChI is InChI=1S/C14H26N2O2/c1-5-11(4)16-13(17)9-12(14(16)18)15-8-6-7-10(2)3/h10-12,15H,5-9H2,1-4H3. The van der Waals surface area contributed by atoms with E-state index >= 15 is 0 Å². The van der Waals surface area contributed by atoms with E-state index < -0.39 is 0 Å². The maximum absolute atomic E-state index is 12.1. The predicted octanol–water partition coefficient (Wildman–Crippen LogP) is 1.94. The van der Waals surface area contributed by atoms with Crippen LogP contribution in [0.25, 0.3) is 0 Å². The molecule has 0 aromatic rings. The van der Waals surface area contributed by atoms with Crippen molar-refractivity contribution >= 4 is 11.8 Å². The van der Waals surface area contributed by atoms with Gasteiger partial charge in [-0.05, 0) is 38.6 Å². The van der Waals surface area contributed by atoms with E-state index in [0.717, 1.165) is 25.8 Å². The third kappa shape index (κ3) is 3.80. The third-order valence-corrected chi connectivity index (χ3v) is 3.56. The molecule has 1 aliphatic rings. The van der Waals surface area contributed by atoms with Gasteiger partial charge in [0.25, 0.3) is 0 Å². The Morgan fingerprint density at radius 1 is 1.33 bits per heavy atom. The lowest BCUT2D eigenvalue weighted by Gasteiger charge is -2.21. The smallest absolute Gasteiger partial charge is 0.247 e. The average molecular weight is 254 g/mol. The van der Waals surface area contributed by atoms with Crippen molar-refractivity contribution in [3.63, 3.8) is 0 Å². The van der Waals surface area contributed by atoms with Gasteiger partial charge in [-0.2, -0.15) is 0 Å². The lowest BCUT2D eigenvalue weighted by atomic mass is 10.1. The summed E-state index contributed by atoms with van der Waals surface area (Å²) in [5.74, 6) is 0.610. The molecule has 1 saturated heterocycles. The van der Waals surface area contributed by atoms with Gasteiger partial charge in [0.05, 0.1) is 12.5 Å². The molecule has 104 valence electrons. The molecule has 1 heterocycles. The number of likely N-dealkylation sites (tertiary alicyclic amines) is 1. The Morgan fingerprint density at radius 2 is 2.00 bits per heavy atom. The summed E-state index contributed by atoms with van der Waals surface area (Å²) in [6, 6.07) is -0.272. The summed E-state index contributed by atoms with van der Waals surface area (Å²) in [5.41, 5.74) is 0. The first-order valence-electron chi connectivity index (χ1n) is 7.06. The second kappa shape index (κ2) is 6.88. The van der Waals surface area contributed by atoms with Crippen LogP contribution in [-0.4, -0.2) is 35.3 Å². The molecule has 2 unspecified atom stereocenters. The van der Waals surface area contributed by atoms with Crippen molar-refractivity contribution in [2.45, 2.75) is 65.5 Å². The number of imide groups is 1. The normalized spacial score (nSPS) is 22.1. The molecule has 1 fully saturated rings. The minimum Gasteiger partial charge on any atom is -0.305 e. The maximum Gasteiger partial charge on any atom is 0.247 e. The van der Waals surface area contributed by atoms with Gasteiger partial charge in [0, 0.05) is 6.04 Å². The van der Waals surface area contributed by atoms with Gasteiger partial charge in [-0.1, -0.05) is 20.8 Å². The summed E-state index contributed by atoms with van der Waals surface area (Å²) >= 11 is 0. The van der Waals surface area contributed by atoms with Crippen LogP contribution < -0.4 is 5.32 Å². The molecule has 0 spiro atoms. The fraction of sp³-hybridized carbons (Fsp3) is 0.857. The van der Waals surface area contributed by atoms with Crippen LogP contribution in [-0.2, 0) is 9.59 Å². The minimum absolute atomic E-state index is 0.0208. The van der Waals surface area contributed by atoms with Crippen LogP contribution in [0.5, 0.6) is 0 Å². The summed E-state index contributed by atoms with van der Waals surface area (Å²) in [7, 11) is 0. The molecule has 0 bridgehead atoms. The summed E-state index contributed by atoms with van der Waals surface area (Å²) < 4.78 is 0. The fourth-order valence-electron chi connectivity index (χ4n) is 2.24. The second-order valence-corrected chi connectivity index (χ2v) is 5.61. The number of carbonyl (C=O) groups excluding carboxylic acids is 2. The summed E-state index contributed by atoms with van der Waals surface area (Å²) in [5, 5.41) is 3.21. The first-order chi connectivity index (χ1) is 8.47. The van der Waals surface area contributed by atoms with Gasteiger partial charge in [0.15, 0.2) is 0 Å². The third-order valence-electron chi connectivity index (χ3n) is 3.56. The highest BCUT2D eigenvalue weighted by atomic mass is 16.2. The zero-order chi connectivity index (χ0) is 13.7. The first-order valence-corrected chi connectivity index (χ1v) is 7.06. The van der Waals surface area contributed by atoms with E-state index in [0.29, 0.717) is 12.3 Å². The summed E-state index contributed by atoms with van der Waals surface area (Å²) in [6.45, 7) is 9.12. The first kappa shape index (κ1) is 15.2. The van der Waals surface area contributed by atoms with Gasteiger partial charge in [-0.3, -0.25) is 14.5 Å². The van der Waals surface area contributed by atoms with Gasteiger partial charge in [-0.25, -0.2) is 0 Å². The van der Waals surface area contributed by atoms with Gasteiger partial charge in [0.2, 0.25) is 11.8 Å². The van der Waals surface area contributed by atoms with Crippen LogP contribution in [0.2, 0.25) is 0 Å². The van der Waals surface area contributed by atoms with E-state index in [2.05, 4.69) is 19.2 Å². The molecule has 0 aromatic carbocycles. The Kier molecular flexibility index (Phi) is 5.79.